The molecular weight excluding hydrogens is 448 g/mol. The first kappa shape index (κ1) is 24.1. The van der Waals surface area contributed by atoms with Crippen LogP contribution >= 0.6 is 15.9 Å². The van der Waals surface area contributed by atoms with Crippen molar-refractivity contribution >= 4 is 27.7 Å². The van der Waals surface area contributed by atoms with E-state index in [2.05, 4.69) is 45.5 Å². The van der Waals surface area contributed by atoms with Gasteiger partial charge in [-0.1, -0.05) is 35.0 Å². The minimum absolute atomic E-state index is 0.0601. The van der Waals surface area contributed by atoms with Crippen LogP contribution in [0.2, 0.25) is 0 Å². The summed E-state index contributed by atoms with van der Waals surface area (Å²) in [5.41, 5.74) is 2.96. The van der Waals surface area contributed by atoms with Crippen molar-refractivity contribution in [1.29, 1.82) is 0 Å². The van der Waals surface area contributed by atoms with Crippen LogP contribution in [0.5, 0.6) is 5.75 Å². The Labute approximate surface area is 186 Å². The number of carbonyl (C=O) groups is 2. The summed E-state index contributed by atoms with van der Waals surface area (Å²) in [5.74, 6) is 0.893. The van der Waals surface area contributed by atoms with Crippen LogP contribution in [-0.2, 0) is 14.3 Å². The quantitative estimate of drug-likeness (QED) is 0.230. The van der Waals surface area contributed by atoms with Crippen LogP contribution < -0.4 is 4.74 Å². The van der Waals surface area contributed by atoms with E-state index in [0.717, 1.165) is 16.6 Å². The van der Waals surface area contributed by atoms with Crippen molar-refractivity contribution in [3.8, 4) is 5.75 Å². The summed E-state index contributed by atoms with van der Waals surface area (Å²) in [4.78, 5) is 23.5. The maximum Gasteiger partial charge on any atom is 0.335 e. The van der Waals surface area contributed by atoms with Gasteiger partial charge in [0.05, 0.1) is 13.7 Å². The fraction of sp³-hybridized carbons (Fsp3) is 0.458. The normalized spacial score (nSPS) is 21.9. The zero-order chi connectivity index (χ0) is 21.9. The molecule has 1 aliphatic rings. The second-order valence-corrected chi connectivity index (χ2v) is 8.35. The molecule has 0 radical (unpaired) electrons. The number of allylic oxidation sites excluding steroid dienone is 1. The van der Waals surface area contributed by atoms with Gasteiger partial charge in [-0.05, 0) is 61.1 Å². The highest BCUT2D eigenvalue weighted by Gasteiger charge is 2.37. The van der Waals surface area contributed by atoms with E-state index in [1.165, 1.54) is 7.11 Å². The van der Waals surface area contributed by atoms with Crippen LogP contribution in [0.4, 0.5) is 0 Å². The first-order valence-corrected chi connectivity index (χ1v) is 10.9. The number of hydrogen-bond donors (Lipinski definition) is 1. The molecule has 1 aliphatic carbocycles. The molecule has 0 aliphatic heterocycles. The standard InChI is InChI=1S/C24H29BrO5/c1-17-16-23(27)21(9-4-3-5-10-22(26)24(28)29-2)20(17)8-6-7-15-30-19-13-11-18(25)12-14-19/h4-6,8,11-14,17,20-22,26H,7,9-10,15-16H2,1-2H3/b8-6+/t3?,17-,20+,21-,22?/m1/s1. The van der Waals surface area contributed by atoms with Crippen molar-refractivity contribution in [3.63, 3.8) is 0 Å². The number of ether oxygens (including phenoxy) is 2. The highest BCUT2D eigenvalue weighted by Crippen LogP contribution is 2.37. The number of carbonyl (C=O) groups excluding carboxylic acids is 2. The molecule has 0 amide bonds. The van der Waals surface area contributed by atoms with Gasteiger partial charge in [-0.25, -0.2) is 4.79 Å². The number of rotatable bonds is 10. The van der Waals surface area contributed by atoms with E-state index in [1.54, 1.807) is 6.08 Å². The van der Waals surface area contributed by atoms with Gasteiger partial charge in [0.15, 0.2) is 6.10 Å². The summed E-state index contributed by atoms with van der Waals surface area (Å²) in [6.45, 7) is 2.69. The number of halogens is 1. The van der Waals surface area contributed by atoms with Crippen molar-refractivity contribution in [3.05, 3.63) is 58.8 Å². The molecule has 4 atom stereocenters. The Morgan fingerprint density at radius 3 is 2.77 bits per heavy atom. The molecule has 1 aromatic rings. The van der Waals surface area contributed by atoms with Crippen molar-refractivity contribution in [2.45, 2.75) is 38.7 Å². The summed E-state index contributed by atoms with van der Waals surface area (Å²) in [6.07, 6.45) is 8.56. The Kier molecular flexibility index (Phi) is 10.1. The van der Waals surface area contributed by atoms with E-state index in [1.807, 2.05) is 30.3 Å². The van der Waals surface area contributed by atoms with Crippen LogP contribution in [0, 0.1) is 17.8 Å². The number of benzene rings is 1. The summed E-state index contributed by atoms with van der Waals surface area (Å²) in [5, 5.41) is 9.54. The monoisotopic (exact) mass is 476 g/mol. The van der Waals surface area contributed by atoms with Gasteiger partial charge < -0.3 is 14.6 Å². The highest BCUT2D eigenvalue weighted by molar-refractivity contribution is 9.10. The molecule has 0 saturated heterocycles. The molecule has 0 bridgehead atoms. The predicted molar refractivity (Wildman–Crippen MR) is 119 cm³/mol. The van der Waals surface area contributed by atoms with Crippen molar-refractivity contribution < 1.29 is 24.2 Å². The lowest BCUT2D eigenvalue weighted by Crippen LogP contribution is -2.20. The lowest BCUT2D eigenvalue weighted by atomic mass is 9.87. The molecule has 5 nitrogen and oxygen atoms in total. The summed E-state index contributed by atoms with van der Waals surface area (Å²) < 4.78 is 11.2. The van der Waals surface area contributed by atoms with Gasteiger partial charge in [-0.3, -0.25) is 4.79 Å². The fourth-order valence-electron chi connectivity index (χ4n) is 3.55. The molecule has 1 fully saturated rings. The molecule has 1 unspecified atom stereocenters. The van der Waals surface area contributed by atoms with E-state index in [9.17, 15) is 14.7 Å². The van der Waals surface area contributed by atoms with Crippen LogP contribution in [0.3, 0.4) is 0 Å². The third kappa shape index (κ3) is 7.60. The average Bonchev–Trinajstić information content (AvgIpc) is 3.00. The smallest absolute Gasteiger partial charge is 0.335 e. The van der Waals surface area contributed by atoms with Crippen LogP contribution in [0.25, 0.3) is 0 Å². The van der Waals surface area contributed by atoms with Gasteiger partial charge >= 0.3 is 5.97 Å². The predicted octanol–water partition coefficient (Wildman–Crippen LogP) is 4.64. The molecule has 6 heteroatoms. The van der Waals surface area contributed by atoms with E-state index in [-0.39, 0.29) is 24.0 Å². The number of aliphatic hydroxyl groups excluding tert-OH is 1. The van der Waals surface area contributed by atoms with Crippen LogP contribution in [0.15, 0.2) is 58.8 Å². The minimum atomic E-state index is -1.18. The fourth-order valence-corrected chi connectivity index (χ4v) is 3.81. The molecular formula is C24H29BrO5. The maximum absolute atomic E-state index is 12.4. The maximum atomic E-state index is 12.4. The van der Waals surface area contributed by atoms with Crippen LogP contribution in [-0.4, -0.2) is 36.7 Å². The molecule has 0 aromatic heterocycles. The van der Waals surface area contributed by atoms with E-state index in [0.29, 0.717) is 25.4 Å². The Bertz CT molecular complexity index is 792. The number of esters is 1. The number of Topliss-reactive ketones (excluding diaryl/α,β-unsaturated/α-hetero) is 1. The Balaban J connectivity index is 1.82. The second-order valence-electron chi connectivity index (χ2n) is 7.44. The van der Waals surface area contributed by atoms with E-state index in [4.69, 9.17) is 4.74 Å². The molecule has 2 rings (SSSR count). The Morgan fingerprint density at radius 2 is 2.07 bits per heavy atom. The van der Waals surface area contributed by atoms with Gasteiger partial charge in [-0.2, -0.15) is 0 Å². The van der Waals surface area contributed by atoms with Gasteiger partial charge in [0.2, 0.25) is 0 Å². The van der Waals surface area contributed by atoms with E-state index < -0.39 is 12.1 Å². The zero-order valence-corrected chi connectivity index (χ0v) is 19.0. The van der Waals surface area contributed by atoms with Gasteiger partial charge in [0.1, 0.15) is 11.5 Å². The number of hydrogen-bond acceptors (Lipinski definition) is 5. The van der Waals surface area contributed by atoms with Crippen molar-refractivity contribution in [1.82, 2.24) is 0 Å². The van der Waals surface area contributed by atoms with Gasteiger partial charge in [0.25, 0.3) is 0 Å². The SMILES string of the molecule is COC(=O)C(O)CC=C=CC[C@H]1C(=O)C[C@@H](C)[C@@H]1/C=C/CCOc1ccc(Br)cc1. The topological polar surface area (TPSA) is 72.8 Å². The number of methoxy groups -OCH3 is 1. The molecule has 0 spiro atoms. The first-order valence-electron chi connectivity index (χ1n) is 10.2. The Morgan fingerprint density at radius 1 is 1.33 bits per heavy atom. The average molecular weight is 477 g/mol. The number of aliphatic hydroxyl groups is 1. The summed E-state index contributed by atoms with van der Waals surface area (Å²) >= 11 is 3.40. The molecule has 1 aromatic carbocycles. The van der Waals surface area contributed by atoms with Gasteiger partial charge in [0, 0.05) is 23.2 Å². The second kappa shape index (κ2) is 12.5. The first-order chi connectivity index (χ1) is 14.4. The molecule has 1 saturated carbocycles. The summed E-state index contributed by atoms with van der Waals surface area (Å²) in [6, 6.07) is 7.73. The third-order valence-electron chi connectivity index (χ3n) is 5.21. The molecule has 1 N–H and O–H groups in total. The lowest BCUT2D eigenvalue weighted by Gasteiger charge is -2.16. The largest absolute Gasteiger partial charge is 0.493 e. The van der Waals surface area contributed by atoms with E-state index >= 15 is 0 Å². The third-order valence-corrected chi connectivity index (χ3v) is 5.73. The Hall–Kier alpha value is -2.14. The molecule has 162 valence electrons. The minimum Gasteiger partial charge on any atom is -0.493 e. The van der Waals surface area contributed by atoms with Crippen LogP contribution in [0.1, 0.15) is 32.6 Å². The highest BCUT2D eigenvalue weighted by atomic mass is 79.9. The van der Waals surface area contributed by atoms with Crippen molar-refractivity contribution in [2.75, 3.05) is 13.7 Å². The zero-order valence-electron chi connectivity index (χ0n) is 17.4. The molecule has 30 heavy (non-hydrogen) atoms. The molecule has 0 heterocycles. The summed E-state index contributed by atoms with van der Waals surface area (Å²) in [7, 11) is 1.23. The number of ketones is 1. The van der Waals surface area contributed by atoms with Gasteiger partial charge in [-0.15, -0.1) is 5.73 Å². The van der Waals surface area contributed by atoms with Crippen molar-refractivity contribution in [2.24, 2.45) is 17.8 Å². The lowest BCUT2D eigenvalue weighted by molar-refractivity contribution is -0.150.